The molecule has 7 nitrogen and oxygen atoms in total. The van der Waals surface area contributed by atoms with Crippen molar-refractivity contribution in [1.82, 2.24) is 15.3 Å². The Bertz CT molecular complexity index is 1630. The minimum absolute atomic E-state index is 0.0451. The summed E-state index contributed by atoms with van der Waals surface area (Å²) >= 11 is 0. The van der Waals surface area contributed by atoms with Crippen LogP contribution in [0.3, 0.4) is 0 Å². The van der Waals surface area contributed by atoms with Crippen molar-refractivity contribution in [2.24, 2.45) is 5.73 Å². The summed E-state index contributed by atoms with van der Waals surface area (Å²) in [4.78, 5) is 20.4. The molecule has 2 heterocycles. The van der Waals surface area contributed by atoms with Gasteiger partial charge in [0.2, 0.25) is 5.91 Å². The van der Waals surface area contributed by atoms with Gasteiger partial charge in [0.15, 0.2) is 0 Å². The smallest absolute Gasteiger partial charge is 0.244 e. The van der Waals surface area contributed by atoms with Crippen molar-refractivity contribution >= 4 is 12.0 Å². The normalized spacial score (nSPS) is 12.2. The summed E-state index contributed by atoms with van der Waals surface area (Å²) in [7, 11) is 0. The molecule has 0 aliphatic rings. The zero-order valence-corrected chi connectivity index (χ0v) is 23.4. The zero-order valence-electron chi connectivity index (χ0n) is 23.4. The van der Waals surface area contributed by atoms with E-state index in [4.69, 9.17) is 10.8 Å². The number of amides is 1. The number of benzene rings is 3. The van der Waals surface area contributed by atoms with Gasteiger partial charge >= 0.3 is 0 Å². The highest BCUT2D eigenvalue weighted by Gasteiger charge is 2.13. The van der Waals surface area contributed by atoms with E-state index in [1.165, 1.54) is 18.2 Å². The molecule has 0 aliphatic heterocycles. The first kappa shape index (κ1) is 30.9. The van der Waals surface area contributed by atoms with Gasteiger partial charge in [0, 0.05) is 36.4 Å². The summed E-state index contributed by atoms with van der Waals surface area (Å²) in [6, 6.07) is 28.4. The number of carbonyl (C=O) groups is 1. The highest BCUT2D eigenvalue weighted by molar-refractivity contribution is 5.92. The largest absolute Gasteiger partial charge is 0.394 e. The van der Waals surface area contributed by atoms with Gasteiger partial charge in [-0.05, 0) is 69.8 Å². The number of carbonyl (C=O) groups excluding carboxylic acids is 1. The van der Waals surface area contributed by atoms with E-state index < -0.39 is 17.8 Å². The molecule has 218 valence electrons. The number of nitrogens with one attached hydrogen (secondary N) is 1. The lowest BCUT2D eigenvalue weighted by Gasteiger charge is -2.16. The zero-order chi connectivity index (χ0) is 30.4. The topological polar surface area (TPSA) is 121 Å². The third kappa shape index (κ3) is 8.98. The molecule has 0 saturated heterocycles. The van der Waals surface area contributed by atoms with Crippen LogP contribution in [-0.4, -0.2) is 39.3 Å². The first-order valence-electron chi connectivity index (χ1n) is 13.7. The molecular weight excluding hydrogens is 543 g/mol. The van der Waals surface area contributed by atoms with Gasteiger partial charge in [0.25, 0.3) is 0 Å². The maximum Gasteiger partial charge on any atom is 0.244 e. The molecule has 0 saturated carbocycles. The first-order valence-corrected chi connectivity index (χ1v) is 13.7. The highest BCUT2D eigenvalue weighted by atomic mass is 19.1. The van der Waals surface area contributed by atoms with E-state index in [1.54, 1.807) is 36.8 Å². The molecule has 1 amide bonds. The molecule has 43 heavy (non-hydrogen) atoms. The molecule has 5 N–H and O–H groups in total. The summed E-state index contributed by atoms with van der Waals surface area (Å²) in [5.41, 5.74) is 11.8. The maximum atomic E-state index is 13.6. The number of rotatable bonds is 9. The standard InChI is InChI=1S/C22H19FN2O2.C13H14N2O/c23-20-9-2-1-5-16(20)10-11-22(27)25-21(15-26)18-7-3-6-17(13-18)19-8-4-12-24-14-19;14-13(9-16)11-4-1-3-10(7-11)12-5-2-6-15-8-12/h1-14,21,26H,15H2,(H,25,27);1-8,13,16H,9,14H2/b11-10+;. The average Bonchev–Trinajstić information content (AvgIpc) is 3.07. The van der Waals surface area contributed by atoms with Crippen molar-refractivity contribution in [3.8, 4) is 22.3 Å². The average molecular weight is 577 g/mol. The Kier molecular flexibility index (Phi) is 11.4. The number of nitrogens with two attached hydrogens (primary N) is 1. The van der Waals surface area contributed by atoms with Gasteiger partial charge in [-0.1, -0.05) is 66.7 Å². The van der Waals surface area contributed by atoms with E-state index in [0.717, 1.165) is 33.4 Å². The van der Waals surface area contributed by atoms with Crippen molar-refractivity contribution in [3.05, 3.63) is 150 Å². The van der Waals surface area contributed by atoms with Gasteiger partial charge < -0.3 is 21.3 Å². The molecule has 0 spiro atoms. The number of aromatic nitrogens is 2. The van der Waals surface area contributed by atoms with Crippen molar-refractivity contribution in [3.63, 3.8) is 0 Å². The van der Waals surface area contributed by atoms with Gasteiger partial charge in [-0.2, -0.15) is 0 Å². The Hall–Kier alpha value is -5.02. The summed E-state index contributed by atoms with van der Waals surface area (Å²) in [5, 5.41) is 21.5. The lowest BCUT2D eigenvalue weighted by atomic mass is 10.0. The van der Waals surface area contributed by atoms with Crippen LogP contribution in [-0.2, 0) is 4.79 Å². The number of pyridine rings is 2. The first-order chi connectivity index (χ1) is 21.0. The predicted octanol–water partition coefficient (Wildman–Crippen LogP) is 5.49. The van der Waals surface area contributed by atoms with Crippen LogP contribution in [0.5, 0.6) is 0 Å². The van der Waals surface area contributed by atoms with E-state index in [1.807, 2.05) is 79.0 Å². The lowest BCUT2D eigenvalue weighted by Crippen LogP contribution is -2.29. The lowest BCUT2D eigenvalue weighted by molar-refractivity contribution is -0.117. The molecule has 2 unspecified atom stereocenters. The van der Waals surface area contributed by atoms with E-state index >= 15 is 0 Å². The van der Waals surface area contributed by atoms with E-state index in [-0.39, 0.29) is 19.3 Å². The molecule has 8 heteroatoms. The minimum atomic E-state index is -0.570. The number of hydrogen-bond donors (Lipinski definition) is 4. The molecule has 0 radical (unpaired) electrons. The van der Waals surface area contributed by atoms with Crippen LogP contribution in [0.2, 0.25) is 0 Å². The maximum absolute atomic E-state index is 13.6. The number of aliphatic hydroxyl groups excluding tert-OH is 2. The highest BCUT2D eigenvalue weighted by Crippen LogP contribution is 2.23. The Morgan fingerprint density at radius 1 is 0.767 bits per heavy atom. The van der Waals surface area contributed by atoms with Crippen LogP contribution < -0.4 is 11.1 Å². The van der Waals surface area contributed by atoms with Crippen molar-refractivity contribution in [1.29, 1.82) is 0 Å². The van der Waals surface area contributed by atoms with Crippen LogP contribution in [0.4, 0.5) is 4.39 Å². The second-order valence-corrected chi connectivity index (χ2v) is 9.62. The SMILES string of the molecule is NC(CO)c1cccc(-c2cccnc2)c1.O=C(/C=C/c1ccccc1F)NC(CO)c1cccc(-c2cccnc2)c1. The van der Waals surface area contributed by atoms with Crippen molar-refractivity contribution in [2.45, 2.75) is 12.1 Å². The second kappa shape index (κ2) is 15.8. The van der Waals surface area contributed by atoms with Gasteiger partial charge in [0.1, 0.15) is 5.82 Å². The molecule has 0 aliphatic carbocycles. The van der Waals surface area contributed by atoms with Gasteiger partial charge in [0.05, 0.1) is 25.3 Å². The Balaban J connectivity index is 0.000000225. The molecule has 5 rings (SSSR count). The Morgan fingerprint density at radius 2 is 1.35 bits per heavy atom. The van der Waals surface area contributed by atoms with Crippen molar-refractivity contribution in [2.75, 3.05) is 13.2 Å². The van der Waals surface area contributed by atoms with Gasteiger partial charge in [-0.3, -0.25) is 14.8 Å². The van der Waals surface area contributed by atoms with Gasteiger partial charge in [-0.15, -0.1) is 0 Å². The second-order valence-electron chi connectivity index (χ2n) is 9.62. The van der Waals surface area contributed by atoms with E-state index in [9.17, 15) is 14.3 Å². The third-order valence-electron chi connectivity index (χ3n) is 6.61. The summed E-state index contributed by atoms with van der Waals surface area (Å²) in [6.07, 6.45) is 9.67. The van der Waals surface area contributed by atoms with Crippen LogP contribution in [0.1, 0.15) is 28.8 Å². The molecular formula is C35H33FN4O3. The van der Waals surface area contributed by atoms with E-state index in [2.05, 4.69) is 15.3 Å². The molecule has 5 aromatic rings. The quantitative estimate of drug-likeness (QED) is 0.172. The fraction of sp³-hybridized carbons (Fsp3) is 0.114. The summed E-state index contributed by atoms with van der Waals surface area (Å²) in [5.74, 6) is -0.812. The summed E-state index contributed by atoms with van der Waals surface area (Å²) in [6.45, 7) is -0.299. The predicted molar refractivity (Wildman–Crippen MR) is 167 cm³/mol. The number of hydrogen-bond acceptors (Lipinski definition) is 6. The molecule has 2 atom stereocenters. The monoisotopic (exact) mass is 576 g/mol. The van der Waals surface area contributed by atoms with Crippen LogP contribution in [0, 0.1) is 5.82 Å². The number of halogens is 1. The molecule has 0 fully saturated rings. The molecule has 2 aromatic heterocycles. The van der Waals surface area contributed by atoms with Gasteiger partial charge in [-0.25, -0.2) is 4.39 Å². The number of nitrogens with zero attached hydrogens (tertiary/aromatic N) is 2. The Morgan fingerprint density at radius 3 is 1.91 bits per heavy atom. The number of aliphatic hydroxyl groups is 2. The van der Waals surface area contributed by atoms with Crippen LogP contribution in [0.15, 0.2) is 128 Å². The third-order valence-corrected chi connectivity index (χ3v) is 6.61. The molecule has 3 aromatic carbocycles. The fourth-order valence-electron chi connectivity index (χ4n) is 4.29. The van der Waals surface area contributed by atoms with Crippen LogP contribution in [0.25, 0.3) is 28.3 Å². The van der Waals surface area contributed by atoms with Crippen LogP contribution >= 0.6 is 0 Å². The fourth-order valence-corrected chi connectivity index (χ4v) is 4.29. The van der Waals surface area contributed by atoms with E-state index in [0.29, 0.717) is 5.56 Å². The Labute approximate surface area is 250 Å². The molecule has 0 bridgehead atoms. The van der Waals surface area contributed by atoms with Crippen molar-refractivity contribution < 1.29 is 19.4 Å². The minimum Gasteiger partial charge on any atom is -0.394 e. The summed E-state index contributed by atoms with van der Waals surface area (Å²) < 4.78 is 13.6.